The van der Waals surface area contributed by atoms with Crippen LogP contribution in [0.25, 0.3) is 0 Å². The highest BCUT2D eigenvalue weighted by atomic mass is 79.9. The average Bonchev–Trinajstić information content (AvgIpc) is 2.54. The van der Waals surface area contributed by atoms with Gasteiger partial charge in [0.2, 0.25) is 0 Å². The summed E-state index contributed by atoms with van der Waals surface area (Å²) < 4.78 is 43.4. The summed E-state index contributed by atoms with van der Waals surface area (Å²) in [5.41, 5.74) is -0.969. The maximum atomic E-state index is 12.7. The molecule has 132 valence electrons. The molecule has 0 unspecified atom stereocenters. The average molecular weight is 437 g/mol. The molecule has 0 heterocycles. The Morgan fingerprint density at radius 2 is 1.84 bits per heavy atom. The Labute approximate surface area is 154 Å². The molecule has 0 aliphatic heterocycles. The molecule has 0 bridgehead atoms. The molecule has 1 N–H and O–H groups in total. The van der Waals surface area contributed by atoms with Gasteiger partial charge in [-0.2, -0.15) is 13.2 Å². The van der Waals surface area contributed by atoms with Gasteiger partial charge in [-0.25, -0.2) is 4.79 Å². The molecule has 0 aromatic heterocycles. The van der Waals surface area contributed by atoms with Crippen molar-refractivity contribution in [1.82, 2.24) is 0 Å². The molecule has 0 aliphatic carbocycles. The van der Waals surface area contributed by atoms with Crippen LogP contribution < -0.4 is 5.32 Å². The van der Waals surface area contributed by atoms with Crippen LogP contribution >= 0.6 is 27.5 Å². The second kappa shape index (κ2) is 7.88. The second-order valence-electron chi connectivity index (χ2n) is 4.80. The van der Waals surface area contributed by atoms with E-state index >= 15 is 0 Å². The summed E-state index contributed by atoms with van der Waals surface area (Å²) in [6, 6.07) is 8.95. The fourth-order valence-corrected chi connectivity index (χ4v) is 2.43. The molecule has 0 atom stereocenters. The van der Waals surface area contributed by atoms with Gasteiger partial charge in [0, 0.05) is 4.47 Å². The summed E-state index contributed by atoms with van der Waals surface area (Å²) in [6.45, 7) is -0.674. The monoisotopic (exact) mass is 435 g/mol. The lowest BCUT2D eigenvalue weighted by atomic mass is 10.2. The maximum absolute atomic E-state index is 12.7. The van der Waals surface area contributed by atoms with E-state index in [0.717, 1.165) is 12.1 Å². The normalized spacial score (nSPS) is 11.1. The molecular formula is C16H10BrClF3NO3. The topological polar surface area (TPSA) is 55.4 Å². The number of rotatable bonds is 4. The van der Waals surface area contributed by atoms with Gasteiger partial charge in [-0.15, -0.1) is 0 Å². The van der Waals surface area contributed by atoms with Crippen LogP contribution in [0.4, 0.5) is 18.9 Å². The van der Waals surface area contributed by atoms with E-state index in [1.807, 2.05) is 0 Å². The smallest absolute Gasteiger partial charge is 0.416 e. The van der Waals surface area contributed by atoms with Crippen LogP contribution in [-0.2, 0) is 15.7 Å². The van der Waals surface area contributed by atoms with Crippen molar-refractivity contribution in [2.24, 2.45) is 0 Å². The van der Waals surface area contributed by atoms with Gasteiger partial charge in [0.15, 0.2) is 6.61 Å². The first-order valence-electron chi connectivity index (χ1n) is 6.76. The maximum Gasteiger partial charge on any atom is 0.416 e. The third kappa shape index (κ3) is 5.20. The van der Waals surface area contributed by atoms with Crippen molar-refractivity contribution in [3.05, 3.63) is 63.1 Å². The van der Waals surface area contributed by atoms with Crippen LogP contribution in [0.2, 0.25) is 5.02 Å². The molecule has 0 saturated heterocycles. The highest BCUT2D eigenvalue weighted by Gasteiger charge is 2.31. The van der Waals surface area contributed by atoms with Crippen molar-refractivity contribution in [2.45, 2.75) is 6.18 Å². The first-order chi connectivity index (χ1) is 11.7. The quantitative estimate of drug-likeness (QED) is 0.693. The van der Waals surface area contributed by atoms with Gasteiger partial charge in [0.25, 0.3) is 5.91 Å². The number of anilines is 1. The van der Waals surface area contributed by atoms with Crippen molar-refractivity contribution >= 4 is 45.1 Å². The Morgan fingerprint density at radius 1 is 1.16 bits per heavy atom. The van der Waals surface area contributed by atoms with E-state index in [9.17, 15) is 22.8 Å². The first kappa shape index (κ1) is 19.3. The molecule has 4 nitrogen and oxygen atoms in total. The Hall–Kier alpha value is -2.06. The molecule has 2 rings (SSSR count). The number of carbonyl (C=O) groups is 2. The van der Waals surface area contributed by atoms with E-state index in [1.54, 1.807) is 18.2 Å². The fourth-order valence-electron chi connectivity index (χ4n) is 1.82. The summed E-state index contributed by atoms with van der Waals surface area (Å²) in [5, 5.41) is 2.11. The first-order valence-corrected chi connectivity index (χ1v) is 7.94. The number of ether oxygens (including phenoxy) is 1. The van der Waals surface area contributed by atoms with Crippen molar-refractivity contribution < 1.29 is 27.5 Å². The summed E-state index contributed by atoms with van der Waals surface area (Å²) >= 11 is 8.94. The van der Waals surface area contributed by atoms with Crippen LogP contribution in [0.1, 0.15) is 15.9 Å². The number of carbonyl (C=O) groups excluding carboxylic acids is 2. The van der Waals surface area contributed by atoms with E-state index in [2.05, 4.69) is 21.2 Å². The van der Waals surface area contributed by atoms with Gasteiger partial charge in [-0.1, -0.05) is 23.7 Å². The fraction of sp³-hybridized carbons (Fsp3) is 0.125. The van der Waals surface area contributed by atoms with Crippen LogP contribution in [0.15, 0.2) is 46.9 Å². The predicted octanol–water partition coefficient (Wildman–Crippen LogP) is 4.92. The minimum absolute atomic E-state index is 0.0709. The number of halogens is 5. The summed E-state index contributed by atoms with van der Waals surface area (Å²) in [5.74, 6) is -1.57. The largest absolute Gasteiger partial charge is 0.452 e. The van der Waals surface area contributed by atoms with E-state index in [0.29, 0.717) is 10.5 Å². The zero-order chi connectivity index (χ0) is 18.6. The highest BCUT2D eigenvalue weighted by Crippen LogP contribution is 2.33. The van der Waals surface area contributed by atoms with Crippen LogP contribution in [-0.4, -0.2) is 18.5 Å². The lowest BCUT2D eigenvalue weighted by Gasteiger charge is -2.12. The number of nitrogens with one attached hydrogen (secondary N) is 1. The molecular weight excluding hydrogens is 427 g/mol. The van der Waals surface area contributed by atoms with E-state index in [-0.39, 0.29) is 16.3 Å². The lowest BCUT2D eigenvalue weighted by molar-refractivity contribution is -0.137. The van der Waals surface area contributed by atoms with Gasteiger partial charge < -0.3 is 10.1 Å². The molecule has 1 amide bonds. The predicted molar refractivity (Wildman–Crippen MR) is 89.5 cm³/mol. The number of amides is 1. The minimum atomic E-state index is -4.57. The van der Waals surface area contributed by atoms with Crippen molar-refractivity contribution in [2.75, 3.05) is 11.9 Å². The van der Waals surface area contributed by atoms with Gasteiger partial charge in [0.1, 0.15) is 0 Å². The third-order valence-electron chi connectivity index (χ3n) is 3.00. The number of alkyl halides is 3. The summed E-state index contributed by atoms with van der Waals surface area (Å²) in [7, 11) is 0. The van der Waals surface area contributed by atoms with Gasteiger partial charge in [0.05, 0.1) is 21.8 Å². The molecule has 0 radical (unpaired) electrons. The van der Waals surface area contributed by atoms with Crippen molar-refractivity contribution in [3.8, 4) is 0 Å². The Bertz CT molecular complexity index is 811. The number of hydrogen-bond acceptors (Lipinski definition) is 3. The molecule has 9 heteroatoms. The summed E-state index contributed by atoms with van der Waals surface area (Å²) in [4.78, 5) is 23.7. The molecule has 0 fully saturated rings. The van der Waals surface area contributed by atoms with Crippen LogP contribution in [0.5, 0.6) is 0 Å². The molecule has 0 spiro atoms. The van der Waals surface area contributed by atoms with Gasteiger partial charge >= 0.3 is 12.1 Å². The zero-order valence-electron chi connectivity index (χ0n) is 12.4. The van der Waals surface area contributed by atoms with E-state index in [4.69, 9.17) is 16.3 Å². The minimum Gasteiger partial charge on any atom is -0.452 e. The SMILES string of the molecule is O=C(COC(=O)c1ccccc1Br)Nc1cc(C(F)(F)F)ccc1Cl. The molecule has 0 aliphatic rings. The van der Waals surface area contributed by atoms with Gasteiger partial charge in [-0.3, -0.25) is 4.79 Å². The molecule has 2 aromatic rings. The molecule has 0 saturated carbocycles. The Balaban J connectivity index is 2.01. The Morgan fingerprint density at radius 3 is 2.48 bits per heavy atom. The van der Waals surface area contributed by atoms with Crippen molar-refractivity contribution in [3.63, 3.8) is 0 Å². The number of esters is 1. The van der Waals surface area contributed by atoms with E-state index in [1.165, 1.54) is 6.07 Å². The summed E-state index contributed by atoms with van der Waals surface area (Å²) in [6.07, 6.45) is -4.57. The lowest BCUT2D eigenvalue weighted by Crippen LogP contribution is -2.21. The Kier molecular flexibility index (Phi) is 6.07. The highest BCUT2D eigenvalue weighted by molar-refractivity contribution is 9.10. The molecule has 2 aromatic carbocycles. The van der Waals surface area contributed by atoms with Crippen molar-refractivity contribution in [1.29, 1.82) is 0 Å². The van der Waals surface area contributed by atoms with Gasteiger partial charge in [-0.05, 0) is 46.3 Å². The molecule has 25 heavy (non-hydrogen) atoms. The zero-order valence-corrected chi connectivity index (χ0v) is 14.7. The second-order valence-corrected chi connectivity index (χ2v) is 6.06. The standard InChI is InChI=1S/C16H10BrClF3NO3/c17-11-4-2-1-3-10(11)15(24)25-8-14(23)22-13-7-9(16(19,20)21)5-6-12(13)18/h1-7H,8H2,(H,22,23). The van der Waals surface area contributed by atoms with Crippen LogP contribution in [0, 0.1) is 0 Å². The number of benzene rings is 2. The van der Waals surface area contributed by atoms with E-state index < -0.39 is 30.2 Å². The number of hydrogen-bond donors (Lipinski definition) is 1. The third-order valence-corrected chi connectivity index (χ3v) is 4.02. The van der Waals surface area contributed by atoms with Crippen LogP contribution in [0.3, 0.4) is 0 Å².